The van der Waals surface area contributed by atoms with Crippen LogP contribution in [0.15, 0.2) is 47.8 Å². The largest absolute Gasteiger partial charge is 0.456 e. The summed E-state index contributed by atoms with van der Waals surface area (Å²) in [4.78, 5) is 36.5. The van der Waals surface area contributed by atoms with Gasteiger partial charge in [0.15, 0.2) is 12.4 Å². The van der Waals surface area contributed by atoms with Crippen molar-refractivity contribution in [1.29, 1.82) is 0 Å². The quantitative estimate of drug-likeness (QED) is 0.491. The fourth-order valence-electron chi connectivity index (χ4n) is 2.67. The zero-order chi connectivity index (χ0) is 19.6. The second-order valence-corrected chi connectivity index (χ2v) is 7.67. The van der Waals surface area contributed by atoms with Gasteiger partial charge in [0.25, 0.3) is 5.91 Å². The number of ether oxygens (including phenoxy) is 1. The summed E-state index contributed by atoms with van der Waals surface area (Å²) in [5.41, 5.74) is 1.02. The molecule has 0 unspecified atom stereocenters. The van der Waals surface area contributed by atoms with Crippen molar-refractivity contribution in [3.8, 4) is 0 Å². The number of ketones is 1. The smallest absolute Gasteiger partial charge is 0.306 e. The first-order valence-corrected chi connectivity index (χ1v) is 9.90. The Balaban J connectivity index is 1.77. The first-order valence-electron chi connectivity index (χ1n) is 9.02. The van der Waals surface area contributed by atoms with Gasteiger partial charge in [-0.3, -0.25) is 14.4 Å². The highest BCUT2D eigenvalue weighted by Crippen LogP contribution is 2.21. The van der Waals surface area contributed by atoms with Crippen molar-refractivity contribution in [2.75, 3.05) is 6.61 Å². The number of amides is 1. The summed E-state index contributed by atoms with van der Waals surface area (Å²) in [7, 11) is 0. The monoisotopic (exact) mass is 387 g/mol. The fourth-order valence-corrected chi connectivity index (χ4v) is 3.36. The molecule has 27 heavy (non-hydrogen) atoms. The Morgan fingerprint density at radius 1 is 1.04 bits per heavy atom. The molecule has 0 saturated heterocycles. The molecule has 0 spiro atoms. The first kappa shape index (κ1) is 20.8. The van der Waals surface area contributed by atoms with Gasteiger partial charge in [0.2, 0.25) is 0 Å². The minimum atomic E-state index is -0.546. The second kappa shape index (κ2) is 10.6. The predicted molar refractivity (Wildman–Crippen MR) is 106 cm³/mol. The summed E-state index contributed by atoms with van der Waals surface area (Å²) in [6.45, 7) is 3.84. The van der Waals surface area contributed by atoms with E-state index < -0.39 is 5.97 Å². The number of carbonyl (C=O) groups excluding carboxylic acids is 3. The van der Waals surface area contributed by atoms with Gasteiger partial charge in [-0.1, -0.05) is 50.2 Å². The molecule has 2 aromatic rings. The number of carbonyl (C=O) groups is 3. The van der Waals surface area contributed by atoms with Crippen molar-refractivity contribution >= 4 is 29.0 Å². The average Bonchev–Trinajstić information content (AvgIpc) is 3.19. The van der Waals surface area contributed by atoms with Crippen LogP contribution in [0, 0.1) is 5.92 Å². The van der Waals surface area contributed by atoms with Crippen LogP contribution in [0.1, 0.15) is 54.4 Å². The highest BCUT2D eigenvalue weighted by molar-refractivity contribution is 7.12. The molecule has 1 heterocycles. The number of hydrogen-bond donors (Lipinski definition) is 1. The molecular weight excluding hydrogens is 362 g/mol. The van der Waals surface area contributed by atoms with Gasteiger partial charge in [-0.15, -0.1) is 11.3 Å². The zero-order valence-corrected chi connectivity index (χ0v) is 16.5. The Kier molecular flexibility index (Phi) is 8.20. The third-order valence-corrected chi connectivity index (χ3v) is 4.87. The van der Waals surface area contributed by atoms with E-state index in [-0.39, 0.29) is 37.2 Å². The molecule has 0 radical (unpaired) electrons. The Hall–Kier alpha value is -2.47. The normalized spacial score (nSPS) is 11.8. The molecule has 1 amide bonds. The number of rotatable bonds is 10. The molecule has 0 fully saturated rings. The van der Waals surface area contributed by atoms with Crippen LogP contribution in [0.3, 0.4) is 0 Å². The summed E-state index contributed by atoms with van der Waals surface area (Å²) < 4.78 is 5.01. The molecule has 0 saturated carbocycles. The summed E-state index contributed by atoms with van der Waals surface area (Å²) in [5.74, 6) is -0.577. The average molecular weight is 388 g/mol. The van der Waals surface area contributed by atoms with Crippen LogP contribution in [0.2, 0.25) is 0 Å². The highest BCUT2D eigenvalue weighted by atomic mass is 32.1. The van der Waals surface area contributed by atoms with Crippen LogP contribution in [-0.4, -0.2) is 24.3 Å². The lowest BCUT2D eigenvalue weighted by Crippen LogP contribution is -2.33. The van der Waals surface area contributed by atoms with Crippen LogP contribution in [-0.2, 0) is 14.3 Å². The Morgan fingerprint density at radius 2 is 1.78 bits per heavy atom. The minimum absolute atomic E-state index is 0.0296. The summed E-state index contributed by atoms with van der Waals surface area (Å²) in [6, 6.07) is 13.1. The van der Waals surface area contributed by atoms with Gasteiger partial charge in [0.1, 0.15) is 0 Å². The van der Waals surface area contributed by atoms with Crippen molar-refractivity contribution in [2.45, 2.75) is 39.2 Å². The van der Waals surface area contributed by atoms with Crippen LogP contribution < -0.4 is 5.32 Å². The molecular formula is C21H25NO4S. The maximum Gasteiger partial charge on any atom is 0.306 e. The van der Waals surface area contributed by atoms with Gasteiger partial charge in [0.05, 0.1) is 17.3 Å². The van der Waals surface area contributed by atoms with Gasteiger partial charge in [-0.25, -0.2) is 0 Å². The molecule has 0 aliphatic heterocycles. The van der Waals surface area contributed by atoms with Gasteiger partial charge < -0.3 is 10.1 Å². The molecule has 1 aromatic carbocycles. The third kappa shape index (κ3) is 7.35. The number of hydrogen-bond acceptors (Lipinski definition) is 5. The lowest BCUT2D eigenvalue weighted by molar-refractivity contribution is -0.148. The topological polar surface area (TPSA) is 72.5 Å². The predicted octanol–water partition coefficient (Wildman–Crippen LogP) is 4.16. The van der Waals surface area contributed by atoms with Crippen molar-refractivity contribution in [3.63, 3.8) is 0 Å². The molecule has 5 nitrogen and oxygen atoms in total. The van der Waals surface area contributed by atoms with E-state index in [0.29, 0.717) is 10.8 Å². The maximum absolute atomic E-state index is 12.2. The lowest BCUT2D eigenvalue weighted by Gasteiger charge is -2.21. The zero-order valence-electron chi connectivity index (χ0n) is 15.6. The molecule has 1 N–H and O–H groups in total. The molecule has 2 rings (SSSR count). The van der Waals surface area contributed by atoms with Crippen LogP contribution in [0.4, 0.5) is 0 Å². The van der Waals surface area contributed by atoms with Gasteiger partial charge in [-0.05, 0) is 29.3 Å². The Bertz CT molecular complexity index is 741. The van der Waals surface area contributed by atoms with Gasteiger partial charge >= 0.3 is 5.97 Å². The van der Waals surface area contributed by atoms with Crippen molar-refractivity contribution in [1.82, 2.24) is 5.32 Å². The SMILES string of the molecule is CC(C)C[C@H](NC(=O)COC(=O)CCC(=O)c1cccs1)c1ccccc1. The van der Waals surface area contributed by atoms with Gasteiger partial charge in [-0.2, -0.15) is 0 Å². The fraction of sp³-hybridized carbons (Fsp3) is 0.381. The molecule has 6 heteroatoms. The molecule has 1 atom stereocenters. The number of thiophene rings is 1. The number of Topliss-reactive ketones (excluding diaryl/α,β-unsaturated/α-hetero) is 1. The van der Waals surface area contributed by atoms with Crippen LogP contribution >= 0.6 is 11.3 Å². The molecule has 0 bridgehead atoms. The van der Waals surface area contributed by atoms with E-state index in [2.05, 4.69) is 19.2 Å². The second-order valence-electron chi connectivity index (χ2n) is 6.72. The number of esters is 1. The lowest BCUT2D eigenvalue weighted by atomic mass is 9.97. The summed E-state index contributed by atoms with van der Waals surface area (Å²) in [6.07, 6.45) is 0.845. The third-order valence-electron chi connectivity index (χ3n) is 3.96. The van der Waals surface area contributed by atoms with E-state index in [9.17, 15) is 14.4 Å². The van der Waals surface area contributed by atoms with E-state index in [1.165, 1.54) is 11.3 Å². The van der Waals surface area contributed by atoms with E-state index in [1.54, 1.807) is 12.1 Å². The highest BCUT2D eigenvalue weighted by Gasteiger charge is 2.17. The first-order chi connectivity index (χ1) is 13.0. The van der Waals surface area contributed by atoms with E-state index in [0.717, 1.165) is 12.0 Å². The molecule has 144 valence electrons. The number of nitrogens with one attached hydrogen (secondary N) is 1. The van der Waals surface area contributed by atoms with E-state index >= 15 is 0 Å². The maximum atomic E-state index is 12.2. The standard InChI is InChI=1S/C21H25NO4S/c1-15(2)13-17(16-7-4-3-5-8-16)22-20(24)14-26-21(25)11-10-18(23)19-9-6-12-27-19/h3-9,12,15,17H,10-11,13-14H2,1-2H3,(H,22,24)/t17-/m0/s1. The number of benzene rings is 1. The molecule has 0 aliphatic rings. The summed E-state index contributed by atoms with van der Waals surface area (Å²) >= 11 is 1.34. The molecule has 0 aliphatic carbocycles. The Morgan fingerprint density at radius 3 is 2.41 bits per heavy atom. The summed E-state index contributed by atoms with van der Waals surface area (Å²) in [5, 5.41) is 4.74. The van der Waals surface area contributed by atoms with Crippen LogP contribution in [0.25, 0.3) is 0 Å². The van der Waals surface area contributed by atoms with E-state index in [4.69, 9.17) is 4.74 Å². The van der Waals surface area contributed by atoms with Crippen molar-refractivity contribution < 1.29 is 19.1 Å². The minimum Gasteiger partial charge on any atom is -0.456 e. The van der Waals surface area contributed by atoms with E-state index in [1.807, 2.05) is 35.7 Å². The van der Waals surface area contributed by atoms with Gasteiger partial charge in [0, 0.05) is 6.42 Å². The molecule has 1 aromatic heterocycles. The van der Waals surface area contributed by atoms with Crippen molar-refractivity contribution in [3.05, 3.63) is 58.3 Å². The Labute approximate surface area is 163 Å². The van der Waals surface area contributed by atoms with Crippen molar-refractivity contribution in [2.24, 2.45) is 5.92 Å². The van der Waals surface area contributed by atoms with Crippen LogP contribution in [0.5, 0.6) is 0 Å².